The van der Waals surface area contributed by atoms with E-state index in [1.807, 2.05) is 41.8 Å². The summed E-state index contributed by atoms with van der Waals surface area (Å²) in [7, 11) is 1.64. The molecular formula is C17H18N4O2S2. The Balaban J connectivity index is 1.83. The Bertz CT molecular complexity index is 915. The van der Waals surface area contributed by atoms with E-state index in [1.165, 1.54) is 0 Å². The number of thiophene rings is 1. The van der Waals surface area contributed by atoms with Crippen LogP contribution in [0.1, 0.15) is 18.5 Å². The van der Waals surface area contributed by atoms with Crippen molar-refractivity contribution < 1.29 is 9.53 Å². The van der Waals surface area contributed by atoms with Gasteiger partial charge in [0.05, 0.1) is 11.5 Å². The molecule has 0 aliphatic rings. The number of aromatic nitrogens is 3. The van der Waals surface area contributed by atoms with Gasteiger partial charge in [-0.15, -0.1) is 11.3 Å². The normalized spacial score (nSPS) is 12.1. The third-order valence-electron chi connectivity index (χ3n) is 3.72. The fourth-order valence-corrected chi connectivity index (χ4v) is 3.51. The van der Waals surface area contributed by atoms with E-state index in [0.29, 0.717) is 17.2 Å². The number of ether oxygens (including phenoxy) is 1. The second-order valence-electron chi connectivity index (χ2n) is 5.50. The van der Waals surface area contributed by atoms with Crippen LogP contribution in [0, 0.1) is 4.77 Å². The van der Waals surface area contributed by atoms with Gasteiger partial charge in [0.25, 0.3) is 0 Å². The zero-order valence-electron chi connectivity index (χ0n) is 13.9. The molecule has 0 spiro atoms. The number of hydrogen-bond donors (Lipinski definition) is 2. The number of H-pyrrole nitrogens is 1. The van der Waals surface area contributed by atoms with Crippen LogP contribution in [0.15, 0.2) is 41.8 Å². The molecule has 0 bridgehead atoms. The highest BCUT2D eigenvalue weighted by Crippen LogP contribution is 2.26. The number of rotatable bonds is 6. The van der Waals surface area contributed by atoms with Gasteiger partial charge in [-0.25, -0.2) is 0 Å². The van der Waals surface area contributed by atoms with Crippen molar-refractivity contribution in [3.63, 3.8) is 0 Å². The lowest BCUT2D eigenvalue weighted by atomic mass is 10.2. The highest BCUT2D eigenvalue weighted by Gasteiger charge is 2.21. The van der Waals surface area contributed by atoms with E-state index >= 15 is 0 Å². The first-order valence-electron chi connectivity index (χ1n) is 7.69. The summed E-state index contributed by atoms with van der Waals surface area (Å²) in [5, 5.41) is 11.9. The molecule has 1 aromatic carbocycles. The molecule has 0 aliphatic carbocycles. The van der Waals surface area contributed by atoms with Crippen LogP contribution < -0.4 is 5.32 Å². The Hall–Kier alpha value is -2.29. The molecule has 0 saturated heterocycles. The fraction of sp³-hybridized carbons (Fsp3) is 0.235. The first-order valence-corrected chi connectivity index (χ1v) is 8.98. The summed E-state index contributed by atoms with van der Waals surface area (Å²) in [5.41, 5.74) is 1.71. The molecule has 0 radical (unpaired) electrons. The third-order valence-corrected chi connectivity index (χ3v) is 4.87. The van der Waals surface area contributed by atoms with Crippen molar-refractivity contribution in [1.29, 1.82) is 0 Å². The Kier molecular flexibility index (Phi) is 5.42. The van der Waals surface area contributed by atoms with Crippen molar-refractivity contribution in [2.24, 2.45) is 0 Å². The summed E-state index contributed by atoms with van der Waals surface area (Å²) in [4.78, 5) is 13.7. The quantitative estimate of drug-likeness (QED) is 0.640. The number of benzene rings is 1. The van der Waals surface area contributed by atoms with Crippen LogP contribution >= 0.6 is 23.6 Å². The van der Waals surface area contributed by atoms with Gasteiger partial charge >= 0.3 is 0 Å². The minimum atomic E-state index is -0.505. The van der Waals surface area contributed by atoms with Crippen molar-refractivity contribution in [3.8, 4) is 10.7 Å². The van der Waals surface area contributed by atoms with Crippen molar-refractivity contribution >= 4 is 35.1 Å². The van der Waals surface area contributed by atoms with Gasteiger partial charge in [0.2, 0.25) is 5.91 Å². The Morgan fingerprint density at radius 2 is 2.28 bits per heavy atom. The Labute approximate surface area is 154 Å². The van der Waals surface area contributed by atoms with Crippen molar-refractivity contribution in [1.82, 2.24) is 14.8 Å². The van der Waals surface area contributed by atoms with Crippen molar-refractivity contribution in [2.45, 2.75) is 19.6 Å². The van der Waals surface area contributed by atoms with Crippen LogP contribution in [0.4, 0.5) is 5.69 Å². The van der Waals surface area contributed by atoms with Gasteiger partial charge in [-0.1, -0.05) is 18.2 Å². The lowest BCUT2D eigenvalue weighted by Crippen LogP contribution is -2.24. The summed E-state index contributed by atoms with van der Waals surface area (Å²) in [6, 6.07) is 11.0. The van der Waals surface area contributed by atoms with Crippen LogP contribution in [0.5, 0.6) is 0 Å². The van der Waals surface area contributed by atoms with Crippen molar-refractivity contribution in [3.05, 3.63) is 52.1 Å². The largest absolute Gasteiger partial charge is 0.380 e. The summed E-state index contributed by atoms with van der Waals surface area (Å²) in [6.45, 7) is 2.30. The molecule has 6 nitrogen and oxygen atoms in total. The van der Waals surface area contributed by atoms with Gasteiger partial charge in [-0.2, -0.15) is 5.10 Å². The summed E-state index contributed by atoms with van der Waals surface area (Å²) in [5.74, 6) is 0.501. The number of nitrogens with one attached hydrogen (secondary N) is 2. The molecular weight excluding hydrogens is 356 g/mol. The molecule has 130 valence electrons. The molecule has 0 fully saturated rings. The second-order valence-corrected chi connectivity index (χ2v) is 6.83. The molecule has 8 heteroatoms. The number of carbonyl (C=O) groups excluding carboxylic acids is 1. The van der Waals surface area contributed by atoms with E-state index < -0.39 is 6.04 Å². The van der Waals surface area contributed by atoms with Gasteiger partial charge in [0.1, 0.15) is 6.04 Å². The monoisotopic (exact) mass is 374 g/mol. The third kappa shape index (κ3) is 3.87. The number of methoxy groups -OCH3 is 1. The molecule has 2 N–H and O–H groups in total. The highest BCUT2D eigenvalue weighted by molar-refractivity contribution is 7.71. The van der Waals surface area contributed by atoms with Crippen LogP contribution in [-0.4, -0.2) is 27.8 Å². The number of nitrogens with zero attached hydrogens (tertiary/aromatic N) is 2. The molecule has 25 heavy (non-hydrogen) atoms. The van der Waals surface area contributed by atoms with Crippen molar-refractivity contribution in [2.75, 3.05) is 12.4 Å². The van der Waals surface area contributed by atoms with Gasteiger partial charge in [0, 0.05) is 12.8 Å². The lowest BCUT2D eigenvalue weighted by molar-refractivity contribution is -0.118. The maximum atomic E-state index is 12.7. The minimum Gasteiger partial charge on any atom is -0.380 e. The molecule has 0 saturated carbocycles. The number of amides is 1. The van der Waals surface area contributed by atoms with Gasteiger partial charge in [-0.3, -0.25) is 14.5 Å². The highest BCUT2D eigenvalue weighted by atomic mass is 32.1. The van der Waals surface area contributed by atoms with E-state index in [4.69, 9.17) is 17.0 Å². The fourth-order valence-electron chi connectivity index (χ4n) is 2.51. The minimum absolute atomic E-state index is 0.162. The molecule has 1 atom stereocenters. The van der Waals surface area contributed by atoms with Crippen LogP contribution in [0.25, 0.3) is 10.7 Å². The standard InChI is InChI=1S/C17H18N4O2S2/c1-11(16(22)18-13-6-3-5-12(9-13)10-23-2)21-15(19-20-17(21)24)14-7-4-8-25-14/h3-9,11H,10H2,1-2H3,(H,18,22)(H,20,24)/t11-/m0/s1. The molecule has 1 amide bonds. The number of aromatic amines is 1. The molecule has 2 heterocycles. The van der Waals surface area contributed by atoms with E-state index in [9.17, 15) is 4.79 Å². The van der Waals surface area contributed by atoms with Crippen LogP contribution in [-0.2, 0) is 16.1 Å². The van der Waals surface area contributed by atoms with Crippen LogP contribution in [0.3, 0.4) is 0 Å². The molecule has 2 aromatic heterocycles. The smallest absolute Gasteiger partial charge is 0.247 e. The number of anilines is 1. The average molecular weight is 374 g/mol. The summed E-state index contributed by atoms with van der Waals surface area (Å²) >= 11 is 6.86. The molecule has 3 aromatic rings. The maximum Gasteiger partial charge on any atom is 0.247 e. The zero-order chi connectivity index (χ0) is 17.8. The van der Waals surface area contributed by atoms with E-state index in [-0.39, 0.29) is 5.91 Å². The maximum absolute atomic E-state index is 12.7. The first-order chi connectivity index (χ1) is 12.1. The van der Waals surface area contributed by atoms with E-state index in [2.05, 4.69) is 15.5 Å². The second kappa shape index (κ2) is 7.73. The summed E-state index contributed by atoms with van der Waals surface area (Å²) in [6.07, 6.45) is 0. The first kappa shape index (κ1) is 17.5. The number of hydrogen-bond acceptors (Lipinski definition) is 5. The van der Waals surface area contributed by atoms with E-state index in [0.717, 1.165) is 16.1 Å². The van der Waals surface area contributed by atoms with Gasteiger partial charge in [0.15, 0.2) is 10.6 Å². The SMILES string of the molecule is COCc1cccc(NC(=O)[C@H](C)n2c(-c3cccs3)n[nH]c2=S)c1. The molecule has 3 rings (SSSR count). The lowest BCUT2D eigenvalue weighted by Gasteiger charge is -2.15. The van der Waals surface area contributed by atoms with Crippen LogP contribution in [0.2, 0.25) is 0 Å². The predicted molar refractivity (Wildman–Crippen MR) is 101 cm³/mol. The zero-order valence-corrected chi connectivity index (χ0v) is 15.5. The Morgan fingerprint density at radius 1 is 1.44 bits per heavy atom. The van der Waals surface area contributed by atoms with Gasteiger partial charge in [-0.05, 0) is 48.3 Å². The molecule has 0 unspecified atom stereocenters. The van der Waals surface area contributed by atoms with E-state index in [1.54, 1.807) is 29.9 Å². The number of carbonyl (C=O) groups is 1. The predicted octanol–water partition coefficient (Wildman–Crippen LogP) is 4.02. The summed E-state index contributed by atoms with van der Waals surface area (Å²) < 4.78 is 7.27. The average Bonchev–Trinajstić information content (AvgIpc) is 3.24. The molecule has 0 aliphatic heterocycles. The topological polar surface area (TPSA) is 71.9 Å². The van der Waals surface area contributed by atoms with Gasteiger partial charge < -0.3 is 10.1 Å². The Morgan fingerprint density at radius 3 is 3.00 bits per heavy atom.